The van der Waals surface area contributed by atoms with Gasteiger partial charge in [0.25, 0.3) is 0 Å². The summed E-state index contributed by atoms with van der Waals surface area (Å²) in [6.07, 6.45) is 0. The number of rotatable bonds is 2. The molecule has 1 unspecified atom stereocenters. The highest BCUT2D eigenvalue weighted by molar-refractivity contribution is 6.28. The molecule has 1 amide bonds. The highest BCUT2D eigenvalue weighted by Crippen LogP contribution is 2.34. The van der Waals surface area contributed by atoms with Gasteiger partial charge < -0.3 is 16.0 Å². The fraction of sp³-hybridized carbons (Fsp3) is 0.286. The summed E-state index contributed by atoms with van der Waals surface area (Å²) in [7, 11) is 0. The van der Waals surface area contributed by atoms with Gasteiger partial charge in [-0.3, -0.25) is 14.4 Å². The Morgan fingerprint density at radius 2 is 1.74 bits per heavy atom. The maximum atomic E-state index is 13.2. The van der Waals surface area contributed by atoms with Crippen molar-refractivity contribution in [2.45, 2.75) is 19.0 Å². The normalized spacial score (nSPS) is 20.1. The topological polar surface area (TPSA) is 92.5 Å². The van der Waals surface area contributed by atoms with Crippen molar-refractivity contribution in [1.82, 2.24) is 10.2 Å². The Balaban J connectivity index is 1.85. The van der Waals surface area contributed by atoms with Gasteiger partial charge >= 0.3 is 0 Å². The van der Waals surface area contributed by atoms with E-state index in [0.717, 1.165) is 0 Å². The van der Waals surface area contributed by atoms with Crippen molar-refractivity contribution in [1.29, 1.82) is 0 Å². The van der Waals surface area contributed by atoms with Crippen molar-refractivity contribution in [2.24, 2.45) is 5.73 Å². The fourth-order valence-electron chi connectivity index (χ4n) is 3.96. The van der Waals surface area contributed by atoms with E-state index in [0.29, 0.717) is 47.5 Å². The van der Waals surface area contributed by atoms with E-state index < -0.39 is 6.04 Å². The molecule has 0 spiro atoms. The minimum absolute atomic E-state index is 0.157. The van der Waals surface area contributed by atoms with E-state index in [2.05, 4.69) is 5.32 Å². The monoisotopic (exact) mass is 363 g/mol. The standard InChI is InChI=1S/C21H21N3O3/c1-12(22)21(27)24-10-9-23-11-17(24)15-7-4-8-16-18(15)20(26)14-6-3-2-5-13(14)19(16)25/h2-8,12,17,23H,9-11,22H2,1H3/t12-,17?/m0/s1. The van der Waals surface area contributed by atoms with Crippen LogP contribution in [0.3, 0.4) is 0 Å². The third-order valence-electron chi connectivity index (χ3n) is 5.26. The number of nitrogens with one attached hydrogen (secondary N) is 1. The van der Waals surface area contributed by atoms with Crippen LogP contribution in [0.2, 0.25) is 0 Å². The van der Waals surface area contributed by atoms with Gasteiger partial charge in [-0.05, 0) is 12.5 Å². The van der Waals surface area contributed by atoms with Crippen LogP contribution in [0.5, 0.6) is 0 Å². The zero-order valence-corrected chi connectivity index (χ0v) is 15.1. The molecule has 1 aliphatic carbocycles. The minimum Gasteiger partial charge on any atom is -0.332 e. The molecule has 2 atom stereocenters. The number of piperazine rings is 1. The van der Waals surface area contributed by atoms with Gasteiger partial charge in [0.2, 0.25) is 5.91 Å². The number of carbonyl (C=O) groups excluding carboxylic acids is 3. The highest BCUT2D eigenvalue weighted by atomic mass is 16.2. The molecule has 0 bridgehead atoms. The molecule has 0 aromatic heterocycles. The number of hydrogen-bond donors (Lipinski definition) is 2. The van der Waals surface area contributed by atoms with Crippen molar-refractivity contribution < 1.29 is 14.4 Å². The number of fused-ring (bicyclic) bond motifs is 2. The van der Waals surface area contributed by atoms with E-state index in [-0.39, 0.29) is 23.5 Å². The van der Waals surface area contributed by atoms with Crippen LogP contribution in [-0.2, 0) is 4.79 Å². The van der Waals surface area contributed by atoms with Crippen LogP contribution >= 0.6 is 0 Å². The second-order valence-corrected chi connectivity index (χ2v) is 7.01. The van der Waals surface area contributed by atoms with Crippen molar-refractivity contribution in [2.75, 3.05) is 19.6 Å². The van der Waals surface area contributed by atoms with Crippen LogP contribution in [0.1, 0.15) is 50.4 Å². The molecule has 2 aromatic carbocycles. The van der Waals surface area contributed by atoms with E-state index in [1.165, 1.54) is 0 Å². The number of nitrogens with zero attached hydrogens (tertiary/aromatic N) is 1. The summed E-state index contributed by atoms with van der Waals surface area (Å²) in [4.78, 5) is 40.5. The first-order valence-electron chi connectivity index (χ1n) is 9.09. The Bertz CT molecular complexity index is 951. The van der Waals surface area contributed by atoms with Gasteiger partial charge in [0.05, 0.1) is 12.1 Å². The number of carbonyl (C=O) groups is 3. The summed E-state index contributed by atoms with van der Waals surface area (Å²) < 4.78 is 0. The Morgan fingerprint density at radius 3 is 2.44 bits per heavy atom. The van der Waals surface area contributed by atoms with Crippen LogP contribution in [-0.4, -0.2) is 48.0 Å². The van der Waals surface area contributed by atoms with E-state index >= 15 is 0 Å². The molecule has 3 N–H and O–H groups in total. The van der Waals surface area contributed by atoms with Crippen LogP contribution in [0.4, 0.5) is 0 Å². The van der Waals surface area contributed by atoms with Gasteiger partial charge in [-0.1, -0.05) is 42.5 Å². The fourth-order valence-corrected chi connectivity index (χ4v) is 3.96. The van der Waals surface area contributed by atoms with Crippen LogP contribution in [0.25, 0.3) is 0 Å². The maximum absolute atomic E-state index is 13.2. The summed E-state index contributed by atoms with van der Waals surface area (Å²) in [5.41, 5.74) is 8.16. The molecule has 2 aliphatic rings. The lowest BCUT2D eigenvalue weighted by atomic mass is 9.80. The van der Waals surface area contributed by atoms with Gasteiger partial charge in [-0.2, -0.15) is 0 Å². The average Bonchev–Trinajstić information content (AvgIpc) is 2.71. The molecule has 1 aliphatic heterocycles. The number of benzene rings is 2. The third kappa shape index (κ3) is 2.78. The summed E-state index contributed by atoms with van der Waals surface area (Å²) in [5.74, 6) is -0.487. The van der Waals surface area contributed by atoms with E-state index in [1.807, 2.05) is 6.07 Å². The molecule has 0 saturated carbocycles. The quantitative estimate of drug-likeness (QED) is 0.716. The molecule has 0 radical (unpaired) electrons. The number of hydrogen-bond acceptors (Lipinski definition) is 5. The van der Waals surface area contributed by atoms with E-state index in [9.17, 15) is 14.4 Å². The lowest BCUT2D eigenvalue weighted by Crippen LogP contribution is -2.53. The van der Waals surface area contributed by atoms with Crippen LogP contribution in [0.15, 0.2) is 42.5 Å². The molecule has 2 aromatic rings. The average molecular weight is 363 g/mol. The Kier molecular flexibility index (Phi) is 4.37. The number of amides is 1. The van der Waals surface area contributed by atoms with Gasteiger partial charge in [-0.25, -0.2) is 0 Å². The summed E-state index contributed by atoms with van der Waals surface area (Å²) in [6, 6.07) is 11.2. The Hall–Kier alpha value is -2.83. The summed E-state index contributed by atoms with van der Waals surface area (Å²) in [6.45, 7) is 3.35. The Morgan fingerprint density at radius 1 is 1.07 bits per heavy atom. The first kappa shape index (κ1) is 17.6. The molecular weight excluding hydrogens is 342 g/mol. The summed E-state index contributed by atoms with van der Waals surface area (Å²) >= 11 is 0. The SMILES string of the molecule is C[C@H](N)C(=O)N1CCNCC1c1cccc2c1C(=O)c1ccccc1C2=O. The number of nitrogens with two attached hydrogens (primary N) is 1. The predicted octanol–water partition coefficient (Wildman–Crippen LogP) is 1.28. The second-order valence-electron chi connectivity index (χ2n) is 7.01. The molecule has 138 valence electrons. The molecule has 6 heteroatoms. The minimum atomic E-state index is -0.622. The zero-order chi connectivity index (χ0) is 19.1. The van der Waals surface area contributed by atoms with Gasteiger partial charge in [0.1, 0.15) is 0 Å². The largest absolute Gasteiger partial charge is 0.332 e. The summed E-state index contributed by atoms with van der Waals surface area (Å²) in [5, 5.41) is 3.28. The molecule has 1 heterocycles. The zero-order valence-electron chi connectivity index (χ0n) is 15.1. The molecule has 27 heavy (non-hydrogen) atoms. The van der Waals surface area contributed by atoms with Gasteiger partial charge in [0.15, 0.2) is 11.6 Å². The molecule has 6 nitrogen and oxygen atoms in total. The van der Waals surface area contributed by atoms with Crippen LogP contribution in [0, 0.1) is 0 Å². The van der Waals surface area contributed by atoms with Crippen molar-refractivity contribution >= 4 is 17.5 Å². The van der Waals surface area contributed by atoms with E-state index in [1.54, 1.807) is 48.2 Å². The maximum Gasteiger partial charge on any atom is 0.239 e. The first-order valence-corrected chi connectivity index (χ1v) is 9.09. The molecule has 1 fully saturated rings. The first-order chi connectivity index (χ1) is 13.0. The molecule has 1 saturated heterocycles. The smallest absolute Gasteiger partial charge is 0.239 e. The molecule has 4 rings (SSSR count). The Labute approximate surface area is 157 Å². The van der Waals surface area contributed by atoms with Gasteiger partial charge in [-0.15, -0.1) is 0 Å². The second kappa shape index (κ2) is 6.72. The van der Waals surface area contributed by atoms with E-state index in [4.69, 9.17) is 5.73 Å². The van der Waals surface area contributed by atoms with Crippen molar-refractivity contribution in [3.05, 3.63) is 70.3 Å². The van der Waals surface area contributed by atoms with Crippen LogP contribution < -0.4 is 11.1 Å². The third-order valence-corrected chi connectivity index (χ3v) is 5.26. The lowest BCUT2D eigenvalue weighted by molar-refractivity contribution is -0.135. The highest BCUT2D eigenvalue weighted by Gasteiger charge is 2.36. The van der Waals surface area contributed by atoms with Crippen molar-refractivity contribution in [3.8, 4) is 0 Å². The molecular formula is C21H21N3O3. The number of ketones is 2. The van der Waals surface area contributed by atoms with Crippen molar-refractivity contribution in [3.63, 3.8) is 0 Å². The predicted molar refractivity (Wildman–Crippen MR) is 101 cm³/mol. The van der Waals surface area contributed by atoms with Gasteiger partial charge in [0, 0.05) is 41.9 Å². The lowest BCUT2D eigenvalue weighted by Gasteiger charge is -2.38.